The molecule has 0 fully saturated rings. The number of amides is 1. The smallest absolute Gasteiger partial charge is 0.320 e. The van der Waals surface area contributed by atoms with Gasteiger partial charge in [-0.2, -0.15) is 0 Å². The van der Waals surface area contributed by atoms with E-state index in [1.54, 1.807) is 24.1 Å². The molecule has 0 aromatic heterocycles. The highest BCUT2D eigenvalue weighted by molar-refractivity contribution is 6.12. The lowest BCUT2D eigenvalue weighted by Crippen LogP contribution is -2.43. The van der Waals surface area contributed by atoms with Crippen LogP contribution in [-0.2, 0) is 25.2 Å². The van der Waals surface area contributed by atoms with Crippen molar-refractivity contribution in [2.45, 2.75) is 17.3 Å². The second-order valence-corrected chi connectivity index (χ2v) is 8.82. The molecule has 1 aliphatic heterocycles. The third-order valence-electron chi connectivity index (χ3n) is 7.46. The van der Waals surface area contributed by atoms with Gasteiger partial charge in [0.2, 0.25) is 11.7 Å². The fourth-order valence-corrected chi connectivity index (χ4v) is 5.94. The summed E-state index contributed by atoms with van der Waals surface area (Å²) in [6, 6.07) is 18.9. The highest BCUT2D eigenvalue weighted by Gasteiger charge is 2.65. The maximum Gasteiger partial charge on any atom is 0.320 e. The summed E-state index contributed by atoms with van der Waals surface area (Å²) in [7, 11) is 7.73. The van der Waals surface area contributed by atoms with Gasteiger partial charge in [-0.05, 0) is 46.9 Å². The van der Waals surface area contributed by atoms with Gasteiger partial charge in [-0.15, -0.1) is 0 Å². The number of carbonyl (C=O) groups is 2. The first-order valence-corrected chi connectivity index (χ1v) is 11.3. The maximum atomic E-state index is 14.0. The minimum atomic E-state index is -1.29. The van der Waals surface area contributed by atoms with Crippen LogP contribution < -0.4 is 19.1 Å². The van der Waals surface area contributed by atoms with E-state index in [1.165, 1.54) is 28.4 Å². The molecular weight excluding hydrogens is 446 g/mol. The monoisotopic (exact) mass is 473 g/mol. The van der Waals surface area contributed by atoms with Gasteiger partial charge < -0.3 is 23.8 Å². The molecule has 0 saturated carbocycles. The molecule has 1 amide bonds. The lowest BCUT2D eigenvalue weighted by molar-refractivity contribution is -0.146. The minimum absolute atomic E-state index is 0.0793. The molecule has 2 atom stereocenters. The Kier molecular flexibility index (Phi) is 5.24. The van der Waals surface area contributed by atoms with E-state index in [1.807, 2.05) is 48.5 Å². The fourth-order valence-electron chi connectivity index (χ4n) is 5.94. The first-order chi connectivity index (χ1) is 16.9. The van der Waals surface area contributed by atoms with Gasteiger partial charge in [0, 0.05) is 12.7 Å². The van der Waals surface area contributed by atoms with Crippen LogP contribution >= 0.6 is 0 Å². The molecule has 3 aromatic carbocycles. The molecule has 7 heteroatoms. The van der Waals surface area contributed by atoms with Crippen LogP contribution in [0.2, 0.25) is 0 Å². The van der Waals surface area contributed by atoms with Crippen molar-refractivity contribution in [2.24, 2.45) is 0 Å². The standard InChI is InChI=1S/C28H27NO6/c1-29-21-13-9-8-12-20(21)28(25(29)30)16-27(26(31)35-5,18-10-6-7-11-19(18)28)17-14-22(32-2)24(34-4)23(15-17)33-3/h6-15H,16H2,1-5H3. The van der Waals surface area contributed by atoms with Crippen LogP contribution in [0.5, 0.6) is 17.2 Å². The van der Waals surface area contributed by atoms with Gasteiger partial charge in [-0.3, -0.25) is 9.59 Å². The third kappa shape index (κ3) is 2.78. The molecule has 0 radical (unpaired) electrons. The summed E-state index contributed by atoms with van der Waals surface area (Å²) in [6.45, 7) is 0. The summed E-state index contributed by atoms with van der Waals surface area (Å²) >= 11 is 0. The average molecular weight is 474 g/mol. The largest absolute Gasteiger partial charge is 0.493 e. The fraction of sp³-hybridized carbons (Fsp3) is 0.286. The zero-order chi connectivity index (χ0) is 25.0. The Morgan fingerprint density at radius 2 is 1.40 bits per heavy atom. The van der Waals surface area contributed by atoms with Crippen molar-refractivity contribution in [1.82, 2.24) is 0 Å². The van der Waals surface area contributed by atoms with E-state index < -0.39 is 16.8 Å². The number of para-hydroxylation sites is 1. The van der Waals surface area contributed by atoms with Gasteiger partial charge in [0.1, 0.15) is 10.8 Å². The Bertz CT molecular complexity index is 1330. The number of hydrogen-bond donors (Lipinski definition) is 0. The van der Waals surface area contributed by atoms with Gasteiger partial charge in [0.05, 0.1) is 28.4 Å². The molecule has 2 aliphatic rings. The number of esters is 1. The van der Waals surface area contributed by atoms with Crippen LogP contribution in [0.15, 0.2) is 60.7 Å². The van der Waals surface area contributed by atoms with Gasteiger partial charge in [0.15, 0.2) is 11.5 Å². The normalized spacial score (nSPS) is 22.1. The quantitative estimate of drug-likeness (QED) is 0.525. The maximum absolute atomic E-state index is 14.0. The van der Waals surface area contributed by atoms with E-state index in [4.69, 9.17) is 18.9 Å². The number of benzene rings is 3. The van der Waals surface area contributed by atoms with Crippen LogP contribution in [0, 0.1) is 0 Å². The second-order valence-electron chi connectivity index (χ2n) is 8.82. The lowest BCUT2D eigenvalue weighted by Gasteiger charge is -2.31. The molecular formula is C28H27NO6. The van der Waals surface area contributed by atoms with Crippen LogP contribution in [0.3, 0.4) is 0 Å². The number of hydrogen-bond acceptors (Lipinski definition) is 6. The molecule has 180 valence electrons. The summed E-state index contributed by atoms with van der Waals surface area (Å²) in [6.07, 6.45) is 0.171. The molecule has 0 saturated heterocycles. The Hall–Kier alpha value is -4.00. The zero-order valence-corrected chi connectivity index (χ0v) is 20.4. The Morgan fingerprint density at radius 3 is 1.97 bits per heavy atom. The number of carbonyl (C=O) groups excluding carboxylic acids is 2. The molecule has 1 heterocycles. The zero-order valence-electron chi connectivity index (χ0n) is 20.4. The first kappa shape index (κ1) is 22.8. The highest BCUT2D eigenvalue weighted by atomic mass is 16.5. The molecule has 7 nitrogen and oxygen atoms in total. The molecule has 35 heavy (non-hydrogen) atoms. The van der Waals surface area contributed by atoms with E-state index in [0.717, 1.165) is 22.4 Å². The van der Waals surface area contributed by atoms with E-state index in [-0.39, 0.29) is 12.3 Å². The first-order valence-electron chi connectivity index (χ1n) is 11.3. The topological polar surface area (TPSA) is 74.3 Å². The molecule has 0 bridgehead atoms. The Labute approximate surface area is 204 Å². The third-order valence-corrected chi connectivity index (χ3v) is 7.46. The second kappa shape index (κ2) is 8.05. The molecule has 2 unspecified atom stereocenters. The Morgan fingerprint density at radius 1 is 0.829 bits per heavy atom. The summed E-state index contributed by atoms with van der Waals surface area (Å²) in [5, 5.41) is 0. The molecule has 3 aromatic rings. The number of ether oxygens (including phenoxy) is 4. The van der Waals surface area contributed by atoms with Crippen LogP contribution in [0.25, 0.3) is 0 Å². The van der Waals surface area contributed by atoms with Crippen molar-refractivity contribution in [3.05, 3.63) is 82.9 Å². The predicted molar refractivity (Wildman–Crippen MR) is 131 cm³/mol. The van der Waals surface area contributed by atoms with Crippen LogP contribution in [0.1, 0.15) is 28.7 Å². The Balaban J connectivity index is 1.87. The van der Waals surface area contributed by atoms with Crippen molar-refractivity contribution >= 4 is 17.6 Å². The van der Waals surface area contributed by atoms with Crippen LogP contribution in [0.4, 0.5) is 5.69 Å². The van der Waals surface area contributed by atoms with Gasteiger partial charge in [0.25, 0.3) is 0 Å². The van der Waals surface area contributed by atoms with Crippen molar-refractivity contribution in [3.63, 3.8) is 0 Å². The summed E-state index contributed by atoms with van der Waals surface area (Å²) in [4.78, 5) is 29.5. The number of rotatable bonds is 5. The summed E-state index contributed by atoms with van der Waals surface area (Å²) in [5.41, 5.74) is 1.49. The van der Waals surface area contributed by atoms with Crippen molar-refractivity contribution in [1.29, 1.82) is 0 Å². The van der Waals surface area contributed by atoms with E-state index in [9.17, 15) is 9.59 Å². The van der Waals surface area contributed by atoms with Crippen molar-refractivity contribution in [2.75, 3.05) is 40.4 Å². The minimum Gasteiger partial charge on any atom is -0.493 e. The lowest BCUT2D eigenvalue weighted by atomic mass is 9.70. The molecule has 5 rings (SSSR count). The van der Waals surface area contributed by atoms with Gasteiger partial charge in [-0.25, -0.2) is 0 Å². The molecule has 1 aliphatic carbocycles. The van der Waals surface area contributed by atoms with Crippen LogP contribution in [-0.4, -0.2) is 47.4 Å². The molecule has 1 spiro atoms. The number of nitrogens with zero attached hydrogens (tertiary/aromatic N) is 1. The van der Waals surface area contributed by atoms with E-state index in [2.05, 4.69) is 0 Å². The number of methoxy groups -OCH3 is 4. The number of anilines is 1. The SMILES string of the molecule is COC(=O)C1(c2cc(OC)c(OC)c(OC)c2)CC2(C(=O)N(C)c3ccccc32)c2ccccc21. The average Bonchev–Trinajstić information content (AvgIpc) is 3.34. The van der Waals surface area contributed by atoms with Crippen molar-refractivity contribution < 1.29 is 28.5 Å². The summed E-state index contributed by atoms with van der Waals surface area (Å²) < 4.78 is 22.1. The van der Waals surface area contributed by atoms with E-state index in [0.29, 0.717) is 22.8 Å². The van der Waals surface area contributed by atoms with Crippen molar-refractivity contribution in [3.8, 4) is 17.2 Å². The highest BCUT2D eigenvalue weighted by Crippen LogP contribution is 2.61. The number of likely N-dealkylation sites (N-methyl/N-ethyl adjacent to an activating group) is 1. The summed E-state index contributed by atoms with van der Waals surface area (Å²) in [5.74, 6) is 0.708. The van der Waals surface area contributed by atoms with Gasteiger partial charge in [-0.1, -0.05) is 42.5 Å². The number of fused-ring (bicyclic) bond motifs is 4. The van der Waals surface area contributed by atoms with Gasteiger partial charge >= 0.3 is 5.97 Å². The molecule has 0 N–H and O–H groups in total. The van der Waals surface area contributed by atoms with E-state index >= 15 is 0 Å². The predicted octanol–water partition coefficient (Wildman–Crippen LogP) is 3.84.